The molecule has 0 aliphatic carbocycles. The maximum atomic E-state index is 13.0. The lowest BCUT2D eigenvalue weighted by Crippen LogP contribution is -2.63. The first kappa shape index (κ1) is 46.1. The minimum atomic E-state index is -1.19. The largest absolute Gasteiger partial charge is 0.461 e. The Balaban J connectivity index is 0.00000870. The van der Waals surface area contributed by atoms with Gasteiger partial charge in [0.15, 0.2) is 13.5 Å². The molecule has 2 aromatic rings. The second-order valence-corrected chi connectivity index (χ2v) is 13.5. The van der Waals surface area contributed by atoms with E-state index < -0.39 is 85.1 Å². The quantitative estimate of drug-likeness (QED) is 0.110. The van der Waals surface area contributed by atoms with Crippen molar-refractivity contribution in [2.45, 2.75) is 76.9 Å². The van der Waals surface area contributed by atoms with Crippen molar-refractivity contribution in [1.29, 1.82) is 0 Å². The highest BCUT2D eigenvalue weighted by atomic mass is 35.5. The number of hydrogen-bond acceptors (Lipinski definition) is 16. The van der Waals surface area contributed by atoms with Gasteiger partial charge in [-0.3, -0.25) is 48.2 Å². The average molecular weight is 817 g/mol. The summed E-state index contributed by atoms with van der Waals surface area (Å²) in [5.74, 6) is -5.42. The molecule has 0 unspecified atom stereocenters. The van der Waals surface area contributed by atoms with Gasteiger partial charge in [0.05, 0.1) is 26.2 Å². The van der Waals surface area contributed by atoms with Gasteiger partial charge in [-0.2, -0.15) is 0 Å². The van der Waals surface area contributed by atoms with Crippen LogP contribution in [0, 0.1) is 0 Å². The number of amides is 4. The highest BCUT2D eigenvalue weighted by molar-refractivity contribution is 6.00. The molecule has 4 rings (SSSR count). The number of hydrogen-bond donors (Lipinski definition) is 2. The van der Waals surface area contributed by atoms with E-state index in [1.807, 2.05) is 36.4 Å². The van der Waals surface area contributed by atoms with Crippen LogP contribution < -0.4 is 11.5 Å². The number of carbonyl (C=O) groups is 8. The van der Waals surface area contributed by atoms with E-state index in [0.717, 1.165) is 20.9 Å². The molecule has 0 bridgehead atoms. The average Bonchev–Trinajstić information content (AvgIpc) is 3.19. The van der Waals surface area contributed by atoms with Gasteiger partial charge in [0.2, 0.25) is 23.6 Å². The van der Waals surface area contributed by atoms with E-state index in [0.29, 0.717) is 0 Å². The Labute approximate surface area is 336 Å². The van der Waals surface area contributed by atoms with Gasteiger partial charge < -0.3 is 30.4 Å². The zero-order valence-electron chi connectivity index (χ0n) is 31.8. The van der Waals surface area contributed by atoms with Crippen molar-refractivity contribution in [2.75, 3.05) is 39.6 Å². The van der Waals surface area contributed by atoms with Crippen molar-refractivity contribution in [3.63, 3.8) is 0 Å². The first-order valence-corrected chi connectivity index (χ1v) is 18.1. The lowest BCUT2D eigenvalue weighted by molar-refractivity contribution is -0.169. The minimum Gasteiger partial charge on any atom is -0.461 e. The number of rotatable bonds is 19. The maximum Gasteiger partial charge on any atom is 0.324 e. The number of imide groups is 2. The Bertz CT molecular complexity index is 1570. The van der Waals surface area contributed by atoms with Crippen molar-refractivity contribution >= 4 is 59.9 Å². The molecule has 0 aromatic heterocycles. The molecular formula is C38H49ClN6O12. The molecule has 2 aromatic carbocycles. The van der Waals surface area contributed by atoms with E-state index in [2.05, 4.69) is 0 Å². The fourth-order valence-corrected chi connectivity index (χ4v) is 5.77. The van der Waals surface area contributed by atoms with Crippen molar-refractivity contribution in [3.8, 4) is 0 Å². The van der Waals surface area contributed by atoms with E-state index in [4.69, 9.17) is 30.4 Å². The molecule has 2 aliphatic heterocycles. The van der Waals surface area contributed by atoms with Crippen LogP contribution in [0.2, 0.25) is 0 Å². The van der Waals surface area contributed by atoms with Crippen LogP contribution in [-0.2, 0) is 70.5 Å². The predicted molar refractivity (Wildman–Crippen MR) is 202 cm³/mol. The summed E-state index contributed by atoms with van der Waals surface area (Å²) >= 11 is 0. The summed E-state index contributed by atoms with van der Waals surface area (Å²) in [6, 6.07) is 14.8. The standard InChI is InChI=1S/C38H48N6O12.ClH/c1-25(41-17-31(45)43(32(46)18-41)23-55-37(51)29(39)13-15-35(49)53-21-27-9-5-3-6-10-27)26(2)42-19-33(47)44(34(48)20-42)24-56-38(52)30(40)14-16-36(50)54-22-28-11-7-4-8-12-28;/h3-12,25-26,29-30H,13-24,39-40H2,1-2H3;1H/t25-,26+,29-,30-;/m0./s1. The van der Waals surface area contributed by atoms with Crippen LogP contribution >= 0.6 is 12.4 Å². The highest BCUT2D eigenvalue weighted by Gasteiger charge is 2.40. The van der Waals surface area contributed by atoms with Gasteiger partial charge in [-0.15, -0.1) is 12.4 Å². The molecule has 4 atom stereocenters. The van der Waals surface area contributed by atoms with Gasteiger partial charge in [-0.25, -0.2) is 9.80 Å². The van der Waals surface area contributed by atoms with E-state index in [9.17, 15) is 38.4 Å². The van der Waals surface area contributed by atoms with Gasteiger partial charge in [0, 0.05) is 24.9 Å². The molecule has 4 N–H and O–H groups in total. The molecule has 2 saturated heterocycles. The molecule has 310 valence electrons. The van der Waals surface area contributed by atoms with Crippen LogP contribution in [0.15, 0.2) is 60.7 Å². The number of nitrogens with zero attached hydrogens (tertiary/aromatic N) is 4. The number of nitrogens with two attached hydrogens (primary N) is 2. The summed E-state index contributed by atoms with van der Waals surface area (Å²) in [5, 5.41) is 0. The molecule has 4 amide bonds. The fourth-order valence-electron chi connectivity index (χ4n) is 5.77. The molecule has 0 radical (unpaired) electrons. The Hall–Kier alpha value is -5.27. The number of esters is 4. The maximum absolute atomic E-state index is 13.0. The van der Waals surface area contributed by atoms with Crippen LogP contribution in [0.4, 0.5) is 0 Å². The second-order valence-electron chi connectivity index (χ2n) is 13.5. The monoisotopic (exact) mass is 816 g/mol. The molecule has 19 heteroatoms. The Morgan fingerprint density at radius 1 is 0.561 bits per heavy atom. The zero-order valence-corrected chi connectivity index (χ0v) is 32.6. The molecule has 2 heterocycles. The fraction of sp³-hybridized carbons (Fsp3) is 0.474. The van der Waals surface area contributed by atoms with Gasteiger partial charge in [-0.1, -0.05) is 60.7 Å². The molecular weight excluding hydrogens is 768 g/mol. The summed E-state index contributed by atoms with van der Waals surface area (Å²) in [5.41, 5.74) is 13.3. The summed E-state index contributed by atoms with van der Waals surface area (Å²) in [6.07, 6.45) is -0.403. The topological polar surface area (TPSA) is 238 Å². The van der Waals surface area contributed by atoms with Crippen LogP contribution in [0.5, 0.6) is 0 Å². The molecule has 2 aliphatic rings. The van der Waals surface area contributed by atoms with E-state index in [-0.39, 0.29) is 77.5 Å². The highest BCUT2D eigenvalue weighted by Crippen LogP contribution is 2.18. The smallest absolute Gasteiger partial charge is 0.324 e. The number of halogens is 1. The summed E-state index contributed by atoms with van der Waals surface area (Å²) < 4.78 is 20.6. The molecule has 2 fully saturated rings. The molecule has 57 heavy (non-hydrogen) atoms. The lowest BCUT2D eigenvalue weighted by atomic mass is 10.1. The van der Waals surface area contributed by atoms with Crippen molar-refractivity contribution in [3.05, 3.63) is 71.8 Å². The first-order chi connectivity index (χ1) is 26.7. The van der Waals surface area contributed by atoms with Crippen LogP contribution in [0.3, 0.4) is 0 Å². The van der Waals surface area contributed by atoms with E-state index >= 15 is 0 Å². The number of carbonyl (C=O) groups excluding carboxylic acids is 8. The Morgan fingerprint density at radius 3 is 1.19 bits per heavy atom. The Kier molecular flexibility index (Phi) is 18.2. The third-order valence-corrected chi connectivity index (χ3v) is 9.49. The predicted octanol–water partition coefficient (Wildman–Crippen LogP) is 0.230. The molecule has 0 saturated carbocycles. The van der Waals surface area contributed by atoms with Gasteiger partial charge in [0.1, 0.15) is 25.3 Å². The lowest BCUT2D eigenvalue weighted by Gasteiger charge is -2.43. The van der Waals surface area contributed by atoms with Gasteiger partial charge >= 0.3 is 23.9 Å². The van der Waals surface area contributed by atoms with Crippen LogP contribution in [0.1, 0.15) is 50.7 Å². The van der Waals surface area contributed by atoms with Crippen LogP contribution in [-0.4, -0.2) is 131 Å². The Morgan fingerprint density at radius 2 is 0.877 bits per heavy atom. The minimum absolute atomic E-state index is 0. The first-order valence-electron chi connectivity index (χ1n) is 18.1. The number of benzene rings is 2. The number of piperazine rings is 2. The third-order valence-electron chi connectivity index (χ3n) is 9.49. The van der Waals surface area contributed by atoms with Gasteiger partial charge in [0.25, 0.3) is 0 Å². The normalized spacial score (nSPS) is 17.2. The van der Waals surface area contributed by atoms with E-state index in [1.165, 1.54) is 0 Å². The van der Waals surface area contributed by atoms with Crippen molar-refractivity contribution < 1.29 is 57.3 Å². The van der Waals surface area contributed by atoms with E-state index in [1.54, 1.807) is 47.9 Å². The molecule has 0 spiro atoms. The third kappa shape index (κ3) is 14.0. The van der Waals surface area contributed by atoms with Gasteiger partial charge in [-0.05, 0) is 37.8 Å². The SMILES string of the molecule is C[C@H]([C@H](C)N1CC(=O)N(COC(=O)[C@@H](N)CCC(=O)OCc2ccccc2)C(=O)C1)N1CC(=O)N(COC(=O)[C@@H](N)CCC(=O)OCc2ccccc2)C(=O)C1.Cl. The van der Waals surface area contributed by atoms with Crippen molar-refractivity contribution in [2.24, 2.45) is 11.5 Å². The van der Waals surface area contributed by atoms with Crippen molar-refractivity contribution in [1.82, 2.24) is 19.6 Å². The number of ether oxygens (including phenoxy) is 4. The summed E-state index contributed by atoms with van der Waals surface area (Å²) in [7, 11) is 0. The summed E-state index contributed by atoms with van der Waals surface area (Å²) in [4.78, 5) is 106. The second kappa shape index (κ2) is 22.5. The molecule has 18 nitrogen and oxygen atoms in total. The zero-order chi connectivity index (χ0) is 40.8. The summed E-state index contributed by atoms with van der Waals surface area (Å²) in [6.45, 7) is 1.50. The van der Waals surface area contributed by atoms with Crippen LogP contribution in [0.25, 0.3) is 0 Å².